The fourth-order valence-corrected chi connectivity index (χ4v) is 3.20. The Kier molecular flexibility index (Phi) is 5.37. The van der Waals surface area contributed by atoms with E-state index in [1.165, 1.54) is 6.07 Å². The van der Waals surface area contributed by atoms with Crippen LogP contribution >= 0.6 is 27.5 Å². The maximum Gasteiger partial charge on any atom is 0.141 e. The number of hydrogen-bond acceptors (Lipinski definition) is 3. The van der Waals surface area contributed by atoms with E-state index < -0.39 is 5.82 Å². The molecule has 1 aromatic carbocycles. The Hall–Kier alpha value is -0.950. The highest BCUT2D eigenvalue weighted by Crippen LogP contribution is 2.28. The second-order valence-electron chi connectivity index (χ2n) is 4.78. The molecule has 0 fully saturated rings. The molecular formula is C14H17BrClFN4. The Morgan fingerprint density at radius 1 is 1.52 bits per heavy atom. The Morgan fingerprint density at radius 3 is 2.76 bits per heavy atom. The molecule has 0 spiro atoms. The highest BCUT2D eigenvalue weighted by atomic mass is 79.9. The van der Waals surface area contributed by atoms with Crippen molar-refractivity contribution >= 4 is 27.5 Å². The number of benzene rings is 1. The minimum Gasteiger partial charge on any atom is -0.271 e. The largest absolute Gasteiger partial charge is 0.271 e. The van der Waals surface area contributed by atoms with E-state index in [1.54, 1.807) is 12.1 Å². The zero-order chi connectivity index (χ0) is 15.6. The van der Waals surface area contributed by atoms with E-state index in [2.05, 4.69) is 33.4 Å². The molecule has 0 radical (unpaired) electrons. The fourth-order valence-electron chi connectivity index (χ4n) is 2.24. The molecule has 3 N–H and O–H groups in total. The number of aromatic nitrogens is 2. The molecule has 0 amide bonds. The lowest BCUT2D eigenvalue weighted by Crippen LogP contribution is -2.30. The monoisotopic (exact) mass is 374 g/mol. The number of nitrogens with one attached hydrogen (secondary N) is 1. The third kappa shape index (κ3) is 3.45. The average Bonchev–Trinajstić information content (AvgIpc) is 2.74. The molecule has 2 aromatic rings. The van der Waals surface area contributed by atoms with Crippen LogP contribution in [0.1, 0.15) is 29.9 Å². The lowest BCUT2D eigenvalue weighted by Gasteiger charge is -2.17. The molecule has 0 aliphatic heterocycles. The van der Waals surface area contributed by atoms with Crippen LogP contribution in [0.4, 0.5) is 4.39 Å². The standard InChI is InChI=1S/C14H17BrClFN4/c1-3-11-14(15)13(21(2)20-11)7-12(19-18)8-4-5-10(17)9(16)6-8/h4-6,12,19H,3,7,18H2,1-2H3. The van der Waals surface area contributed by atoms with Crippen molar-refractivity contribution in [2.45, 2.75) is 25.8 Å². The summed E-state index contributed by atoms with van der Waals surface area (Å²) in [6, 6.07) is 4.43. The molecule has 0 bridgehead atoms. The SMILES string of the molecule is CCc1nn(C)c(CC(NN)c2ccc(F)c(Cl)c2)c1Br. The zero-order valence-electron chi connectivity index (χ0n) is 11.8. The molecule has 21 heavy (non-hydrogen) atoms. The van der Waals surface area contributed by atoms with Crippen LogP contribution in [-0.2, 0) is 19.9 Å². The molecule has 114 valence electrons. The van der Waals surface area contributed by atoms with Gasteiger partial charge >= 0.3 is 0 Å². The summed E-state index contributed by atoms with van der Waals surface area (Å²) in [4.78, 5) is 0. The van der Waals surface area contributed by atoms with E-state index in [-0.39, 0.29) is 11.1 Å². The predicted octanol–water partition coefficient (Wildman–Crippen LogP) is 3.28. The minimum atomic E-state index is -0.439. The minimum absolute atomic E-state index is 0.0890. The fraction of sp³-hybridized carbons (Fsp3) is 0.357. The van der Waals surface area contributed by atoms with Gasteiger partial charge in [-0.3, -0.25) is 16.0 Å². The number of hydrazine groups is 1. The van der Waals surface area contributed by atoms with Crippen molar-refractivity contribution in [1.29, 1.82) is 0 Å². The van der Waals surface area contributed by atoms with Gasteiger partial charge < -0.3 is 0 Å². The van der Waals surface area contributed by atoms with Crippen LogP contribution in [0.25, 0.3) is 0 Å². The summed E-state index contributed by atoms with van der Waals surface area (Å²) in [5.74, 6) is 5.21. The maximum atomic E-state index is 13.3. The molecule has 2 rings (SSSR count). The number of rotatable bonds is 5. The molecule has 1 unspecified atom stereocenters. The first-order valence-corrected chi connectivity index (χ1v) is 7.76. The summed E-state index contributed by atoms with van der Waals surface area (Å²) in [5.41, 5.74) is 5.60. The number of aryl methyl sites for hydroxylation is 2. The van der Waals surface area contributed by atoms with Gasteiger partial charge in [-0.2, -0.15) is 5.10 Å². The van der Waals surface area contributed by atoms with Crippen LogP contribution in [-0.4, -0.2) is 9.78 Å². The van der Waals surface area contributed by atoms with Crippen molar-refractivity contribution in [2.75, 3.05) is 0 Å². The topological polar surface area (TPSA) is 55.9 Å². The van der Waals surface area contributed by atoms with E-state index in [9.17, 15) is 4.39 Å². The summed E-state index contributed by atoms with van der Waals surface area (Å²) >= 11 is 9.42. The lowest BCUT2D eigenvalue weighted by molar-refractivity contribution is 0.527. The van der Waals surface area contributed by atoms with Crippen molar-refractivity contribution in [1.82, 2.24) is 15.2 Å². The van der Waals surface area contributed by atoms with Crippen molar-refractivity contribution in [3.8, 4) is 0 Å². The summed E-state index contributed by atoms with van der Waals surface area (Å²) < 4.78 is 16.1. The van der Waals surface area contributed by atoms with Gasteiger partial charge in [-0.15, -0.1) is 0 Å². The third-order valence-corrected chi connectivity index (χ3v) is 4.65. The van der Waals surface area contributed by atoms with E-state index in [0.29, 0.717) is 6.42 Å². The lowest BCUT2D eigenvalue weighted by atomic mass is 10.0. The van der Waals surface area contributed by atoms with E-state index >= 15 is 0 Å². The van der Waals surface area contributed by atoms with Gasteiger partial charge in [0.15, 0.2) is 0 Å². The van der Waals surface area contributed by atoms with Gasteiger partial charge in [0.1, 0.15) is 5.82 Å². The first-order valence-electron chi connectivity index (χ1n) is 6.59. The Labute approximate surface area is 136 Å². The molecule has 0 aliphatic rings. The summed E-state index contributed by atoms with van der Waals surface area (Å²) in [6.45, 7) is 2.05. The Balaban J connectivity index is 2.31. The predicted molar refractivity (Wildman–Crippen MR) is 85.5 cm³/mol. The zero-order valence-corrected chi connectivity index (χ0v) is 14.2. The summed E-state index contributed by atoms with van der Waals surface area (Å²) in [7, 11) is 1.89. The highest BCUT2D eigenvalue weighted by molar-refractivity contribution is 9.10. The van der Waals surface area contributed by atoms with Crippen LogP contribution in [0.5, 0.6) is 0 Å². The molecule has 1 heterocycles. The third-order valence-electron chi connectivity index (χ3n) is 3.45. The second-order valence-corrected chi connectivity index (χ2v) is 5.98. The molecule has 1 aromatic heterocycles. The van der Waals surface area contributed by atoms with Gasteiger partial charge in [0.2, 0.25) is 0 Å². The van der Waals surface area contributed by atoms with Crippen molar-refractivity contribution in [2.24, 2.45) is 12.9 Å². The Morgan fingerprint density at radius 2 is 2.24 bits per heavy atom. The average molecular weight is 376 g/mol. The summed E-state index contributed by atoms with van der Waals surface area (Å²) in [5, 5.41) is 4.55. The van der Waals surface area contributed by atoms with Crippen LogP contribution in [0.15, 0.2) is 22.7 Å². The van der Waals surface area contributed by atoms with Crippen molar-refractivity contribution in [3.63, 3.8) is 0 Å². The van der Waals surface area contributed by atoms with Crippen LogP contribution in [0, 0.1) is 5.82 Å². The van der Waals surface area contributed by atoms with Gasteiger partial charge in [0.25, 0.3) is 0 Å². The van der Waals surface area contributed by atoms with Crippen molar-refractivity contribution < 1.29 is 4.39 Å². The molecule has 1 atom stereocenters. The molecule has 0 aliphatic carbocycles. The molecule has 4 nitrogen and oxygen atoms in total. The smallest absolute Gasteiger partial charge is 0.141 e. The molecule has 0 saturated heterocycles. The molecule has 0 saturated carbocycles. The maximum absolute atomic E-state index is 13.3. The van der Waals surface area contributed by atoms with Gasteiger partial charge in [0, 0.05) is 13.5 Å². The van der Waals surface area contributed by atoms with E-state index in [4.69, 9.17) is 17.4 Å². The van der Waals surface area contributed by atoms with Gasteiger partial charge in [0.05, 0.1) is 26.9 Å². The molecular weight excluding hydrogens is 359 g/mol. The molecule has 7 heteroatoms. The van der Waals surface area contributed by atoms with Crippen molar-refractivity contribution in [3.05, 3.63) is 50.5 Å². The first-order chi connectivity index (χ1) is 9.97. The normalized spacial score (nSPS) is 12.7. The van der Waals surface area contributed by atoms with Gasteiger partial charge in [-0.1, -0.05) is 24.6 Å². The number of halogens is 3. The van der Waals surface area contributed by atoms with Crippen LogP contribution < -0.4 is 11.3 Å². The van der Waals surface area contributed by atoms with E-state index in [1.807, 2.05) is 11.7 Å². The summed E-state index contributed by atoms with van der Waals surface area (Å²) in [6.07, 6.45) is 1.46. The van der Waals surface area contributed by atoms with E-state index in [0.717, 1.165) is 27.8 Å². The highest BCUT2D eigenvalue weighted by Gasteiger charge is 2.19. The first kappa shape index (κ1) is 16.4. The van der Waals surface area contributed by atoms with Gasteiger partial charge in [-0.05, 0) is 40.0 Å². The van der Waals surface area contributed by atoms with Crippen LogP contribution in [0.3, 0.4) is 0 Å². The number of hydrogen-bond donors (Lipinski definition) is 2. The Bertz CT molecular complexity index is 644. The van der Waals surface area contributed by atoms with Crippen LogP contribution in [0.2, 0.25) is 5.02 Å². The number of nitrogens with two attached hydrogens (primary N) is 1. The number of nitrogens with zero attached hydrogens (tertiary/aromatic N) is 2. The second kappa shape index (κ2) is 6.87. The quantitative estimate of drug-likeness (QED) is 0.623. The van der Waals surface area contributed by atoms with Gasteiger partial charge in [-0.25, -0.2) is 4.39 Å².